The fraction of sp³-hybridized carbons (Fsp3) is 0.176. The van der Waals surface area contributed by atoms with Gasteiger partial charge in [-0.05, 0) is 36.8 Å². The Balaban J connectivity index is 1.69. The number of carbonyl (C=O) groups is 2. The number of halogens is 1. The van der Waals surface area contributed by atoms with E-state index in [1.165, 1.54) is 0 Å². The molecule has 0 radical (unpaired) electrons. The highest BCUT2D eigenvalue weighted by atomic mass is 35.5. The number of para-hydroxylation sites is 2. The molecule has 118 valence electrons. The number of benzene rings is 2. The van der Waals surface area contributed by atoms with Crippen LogP contribution in [0.25, 0.3) is 0 Å². The quantitative estimate of drug-likeness (QED) is 0.808. The minimum atomic E-state index is -0.607. The Morgan fingerprint density at radius 3 is 2.74 bits per heavy atom. The first-order valence-corrected chi connectivity index (χ1v) is 7.63. The van der Waals surface area contributed by atoms with E-state index in [0.29, 0.717) is 10.7 Å². The average Bonchev–Trinajstić information content (AvgIpc) is 2.51. The molecule has 0 aliphatic carbocycles. The maximum absolute atomic E-state index is 12.2. The number of hydrogen-bond acceptors (Lipinski definition) is 3. The first kappa shape index (κ1) is 15.4. The number of amides is 2. The molecular formula is C17H16ClN3O2. The summed E-state index contributed by atoms with van der Waals surface area (Å²) in [6.07, 6.45) is 0.0339. The van der Waals surface area contributed by atoms with Crippen LogP contribution in [0.2, 0.25) is 5.02 Å². The zero-order chi connectivity index (χ0) is 16.4. The molecule has 1 atom stereocenters. The van der Waals surface area contributed by atoms with Crippen LogP contribution >= 0.6 is 11.6 Å². The van der Waals surface area contributed by atoms with Crippen LogP contribution in [0.4, 0.5) is 17.1 Å². The van der Waals surface area contributed by atoms with E-state index in [1.807, 2.05) is 37.3 Å². The van der Waals surface area contributed by atoms with Crippen molar-refractivity contribution in [3.63, 3.8) is 0 Å². The van der Waals surface area contributed by atoms with E-state index < -0.39 is 6.04 Å². The molecule has 1 aliphatic rings. The normalized spacial score (nSPS) is 16.1. The second-order valence-corrected chi connectivity index (χ2v) is 5.88. The van der Waals surface area contributed by atoms with Crippen LogP contribution in [0.5, 0.6) is 0 Å². The fourth-order valence-electron chi connectivity index (χ4n) is 2.45. The Morgan fingerprint density at radius 2 is 1.96 bits per heavy atom. The van der Waals surface area contributed by atoms with Gasteiger partial charge in [-0.3, -0.25) is 9.59 Å². The van der Waals surface area contributed by atoms with Crippen LogP contribution in [0.15, 0.2) is 42.5 Å². The first-order chi connectivity index (χ1) is 11.0. The SMILES string of the molecule is Cc1ccc(Cl)cc1NC(=O)C[C@@H]1Nc2ccccc2NC1=O. The minimum Gasteiger partial charge on any atom is -0.372 e. The molecule has 0 saturated carbocycles. The van der Waals surface area contributed by atoms with E-state index in [9.17, 15) is 9.59 Å². The van der Waals surface area contributed by atoms with Crippen molar-refractivity contribution in [3.05, 3.63) is 53.1 Å². The molecule has 3 N–H and O–H groups in total. The van der Waals surface area contributed by atoms with Gasteiger partial charge in [0, 0.05) is 10.7 Å². The number of nitrogens with one attached hydrogen (secondary N) is 3. The van der Waals surface area contributed by atoms with Crippen molar-refractivity contribution in [1.29, 1.82) is 0 Å². The van der Waals surface area contributed by atoms with Gasteiger partial charge in [0.05, 0.1) is 17.8 Å². The first-order valence-electron chi connectivity index (χ1n) is 7.25. The Bertz CT molecular complexity index is 776. The van der Waals surface area contributed by atoms with Gasteiger partial charge in [0.2, 0.25) is 11.8 Å². The van der Waals surface area contributed by atoms with Crippen LogP contribution in [0.1, 0.15) is 12.0 Å². The highest BCUT2D eigenvalue weighted by molar-refractivity contribution is 6.31. The fourth-order valence-corrected chi connectivity index (χ4v) is 2.62. The highest BCUT2D eigenvalue weighted by Crippen LogP contribution is 2.27. The zero-order valence-corrected chi connectivity index (χ0v) is 13.3. The molecule has 0 unspecified atom stereocenters. The zero-order valence-electron chi connectivity index (χ0n) is 12.5. The Hall–Kier alpha value is -2.53. The van der Waals surface area contributed by atoms with Gasteiger partial charge < -0.3 is 16.0 Å². The van der Waals surface area contributed by atoms with Crippen molar-refractivity contribution < 1.29 is 9.59 Å². The topological polar surface area (TPSA) is 70.2 Å². The van der Waals surface area contributed by atoms with E-state index in [-0.39, 0.29) is 18.2 Å². The number of rotatable bonds is 3. The Kier molecular flexibility index (Phi) is 4.21. The summed E-state index contributed by atoms with van der Waals surface area (Å²) in [5, 5.41) is 9.24. The molecule has 1 heterocycles. The van der Waals surface area contributed by atoms with Crippen molar-refractivity contribution in [2.75, 3.05) is 16.0 Å². The van der Waals surface area contributed by atoms with Gasteiger partial charge in [0.25, 0.3) is 0 Å². The second kappa shape index (κ2) is 6.30. The van der Waals surface area contributed by atoms with Crippen LogP contribution in [-0.2, 0) is 9.59 Å². The van der Waals surface area contributed by atoms with Crippen LogP contribution in [-0.4, -0.2) is 17.9 Å². The van der Waals surface area contributed by atoms with E-state index >= 15 is 0 Å². The Morgan fingerprint density at radius 1 is 1.22 bits per heavy atom. The maximum Gasteiger partial charge on any atom is 0.247 e. The molecule has 1 aliphatic heterocycles. The third-order valence-electron chi connectivity index (χ3n) is 3.69. The maximum atomic E-state index is 12.2. The van der Waals surface area contributed by atoms with Crippen molar-refractivity contribution in [2.45, 2.75) is 19.4 Å². The minimum absolute atomic E-state index is 0.0339. The smallest absolute Gasteiger partial charge is 0.247 e. The predicted octanol–water partition coefficient (Wildman–Crippen LogP) is 3.41. The molecular weight excluding hydrogens is 314 g/mol. The Labute approximate surface area is 139 Å². The number of hydrogen-bond donors (Lipinski definition) is 3. The third-order valence-corrected chi connectivity index (χ3v) is 3.93. The molecule has 0 aromatic heterocycles. The molecule has 3 rings (SSSR count). The van der Waals surface area contributed by atoms with Crippen LogP contribution in [0.3, 0.4) is 0 Å². The molecule has 0 spiro atoms. The second-order valence-electron chi connectivity index (χ2n) is 5.44. The predicted molar refractivity (Wildman–Crippen MR) is 91.9 cm³/mol. The van der Waals surface area contributed by atoms with Crippen molar-refractivity contribution in [3.8, 4) is 0 Å². The summed E-state index contributed by atoms with van der Waals surface area (Å²) in [5.74, 6) is -0.468. The summed E-state index contributed by atoms with van der Waals surface area (Å²) in [5.41, 5.74) is 3.09. The molecule has 6 heteroatoms. The lowest BCUT2D eigenvalue weighted by Crippen LogP contribution is -2.41. The largest absolute Gasteiger partial charge is 0.372 e. The van der Waals surface area contributed by atoms with Gasteiger partial charge in [-0.2, -0.15) is 0 Å². The molecule has 0 bridgehead atoms. The summed E-state index contributed by atoms with van der Waals surface area (Å²) in [6, 6.07) is 12.1. The van der Waals surface area contributed by atoms with Gasteiger partial charge >= 0.3 is 0 Å². The van der Waals surface area contributed by atoms with Gasteiger partial charge in [-0.1, -0.05) is 29.8 Å². The molecule has 23 heavy (non-hydrogen) atoms. The highest BCUT2D eigenvalue weighted by Gasteiger charge is 2.27. The monoisotopic (exact) mass is 329 g/mol. The lowest BCUT2D eigenvalue weighted by atomic mass is 10.1. The lowest BCUT2D eigenvalue weighted by Gasteiger charge is -2.26. The number of carbonyl (C=O) groups excluding carboxylic acids is 2. The summed E-state index contributed by atoms with van der Waals surface area (Å²) in [4.78, 5) is 24.3. The molecule has 5 nitrogen and oxygen atoms in total. The molecule has 0 saturated heterocycles. The number of anilines is 3. The number of fused-ring (bicyclic) bond motifs is 1. The van der Waals surface area contributed by atoms with Crippen LogP contribution in [0, 0.1) is 6.92 Å². The van der Waals surface area contributed by atoms with Crippen molar-refractivity contribution in [1.82, 2.24) is 0 Å². The van der Waals surface area contributed by atoms with E-state index in [0.717, 1.165) is 16.9 Å². The number of aryl methyl sites for hydroxylation is 1. The third kappa shape index (κ3) is 3.46. The van der Waals surface area contributed by atoms with E-state index in [2.05, 4.69) is 16.0 Å². The molecule has 2 aromatic carbocycles. The van der Waals surface area contributed by atoms with Gasteiger partial charge in [0.1, 0.15) is 6.04 Å². The summed E-state index contributed by atoms with van der Waals surface area (Å²) < 4.78 is 0. The van der Waals surface area contributed by atoms with Gasteiger partial charge in [-0.15, -0.1) is 0 Å². The van der Waals surface area contributed by atoms with Crippen molar-refractivity contribution >= 4 is 40.5 Å². The van der Waals surface area contributed by atoms with Gasteiger partial charge in [0.15, 0.2) is 0 Å². The summed E-state index contributed by atoms with van der Waals surface area (Å²) in [7, 11) is 0. The molecule has 2 amide bonds. The van der Waals surface area contributed by atoms with Crippen molar-refractivity contribution in [2.24, 2.45) is 0 Å². The summed E-state index contributed by atoms with van der Waals surface area (Å²) >= 11 is 5.94. The standard InChI is InChI=1S/C17H16ClN3O2/c1-10-6-7-11(18)8-14(10)20-16(22)9-15-17(23)21-13-5-3-2-4-12(13)19-15/h2-8,15,19H,9H2,1H3,(H,20,22)(H,21,23)/t15-/m0/s1. The summed E-state index contributed by atoms with van der Waals surface area (Å²) in [6.45, 7) is 1.88. The van der Waals surface area contributed by atoms with E-state index in [4.69, 9.17) is 11.6 Å². The van der Waals surface area contributed by atoms with Crippen LogP contribution < -0.4 is 16.0 Å². The lowest BCUT2D eigenvalue weighted by molar-refractivity contribution is -0.122. The molecule has 0 fully saturated rings. The average molecular weight is 330 g/mol. The molecule has 2 aromatic rings. The van der Waals surface area contributed by atoms with Gasteiger partial charge in [-0.25, -0.2) is 0 Å². The van der Waals surface area contributed by atoms with E-state index in [1.54, 1.807) is 12.1 Å².